The Kier molecular flexibility index (Phi) is 4.76. The zero-order chi connectivity index (χ0) is 12.8. The summed E-state index contributed by atoms with van der Waals surface area (Å²) in [5.74, 6) is 0.259. The number of carbonyl (C=O) groups is 1. The van der Waals surface area contributed by atoms with Gasteiger partial charge in [0.2, 0.25) is 0 Å². The zero-order valence-electron chi connectivity index (χ0n) is 10.5. The number of ether oxygens (including phenoxy) is 2. The van der Waals surface area contributed by atoms with Crippen molar-refractivity contribution in [2.75, 3.05) is 14.2 Å². The topological polar surface area (TPSA) is 35.5 Å². The van der Waals surface area contributed by atoms with E-state index in [4.69, 9.17) is 9.47 Å². The van der Waals surface area contributed by atoms with Crippen molar-refractivity contribution in [3.05, 3.63) is 36.4 Å². The molecule has 0 aliphatic rings. The SMILES string of the molecule is C=C(c1ccc(OC)cc1)C(CC)C(=O)OC. The maximum absolute atomic E-state index is 11.6. The molecule has 0 saturated carbocycles. The molecule has 1 unspecified atom stereocenters. The number of carbonyl (C=O) groups excluding carboxylic acids is 1. The van der Waals surface area contributed by atoms with Gasteiger partial charge in [-0.15, -0.1) is 0 Å². The maximum Gasteiger partial charge on any atom is 0.313 e. The van der Waals surface area contributed by atoms with E-state index in [2.05, 4.69) is 6.58 Å². The Balaban J connectivity index is 2.90. The molecule has 0 heterocycles. The highest BCUT2D eigenvalue weighted by Crippen LogP contribution is 2.26. The predicted molar refractivity (Wildman–Crippen MR) is 67.8 cm³/mol. The normalized spacial score (nSPS) is 11.7. The number of esters is 1. The molecule has 0 aromatic heterocycles. The maximum atomic E-state index is 11.6. The van der Waals surface area contributed by atoms with Gasteiger partial charge in [0.1, 0.15) is 5.75 Å². The van der Waals surface area contributed by atoms with Crippen LogP contribution < -0.4 is 4.74 Å². The molecule has 0 spiro atoms. The second-order valence-electron chi connectivity index (χ2n) is 3.74. The van der Waals surface area contributed by atoms with Crippen molar-refractivity contribution in [3.63, 3.8) is 0 Å². The molecule has 0 aliphatic heterocycles. The van der Waals surface area contributed by atoms with E-state index in [9.17, 15) is 4.79 Å². The molecule has 1 atom stereocenters. The largest absolute Gasteiger partial charge is 0.497 e. The summed E-state index contributed by atoms with van der Waals surface area (Å²) in [5.41, 5.74) is 1.71. The fraction of sp³-hybridized carbons (Fsp3) is 0.357. The summed E-state index contributed by atoms with van der Waals surface area (Å²) >= 11 is 0. The second kappa shape index (κ2) is 6.09. The van der Waals surface area contributed by atoms with Crippen LogP contribution in [-0.4, -0.2) is 20.2 Å². The fourth-order valence-electron chi connectivity index (χ4n) is 1.70. The Morgan fingerprint density at radius 1 is 1.29 bits per heavy atom. The van der Waals surface area contributed by atoms with E-state index >= 15 is 0 Å². The van der Waals surface area contributed by atoms with Crippen LogP contribution in [0, 0.1) is 5.92 Å². The number of benzene rings is 1. The average molecular weight is 234 g/mol. The molecule has 0 radical (unpaired) electrons. The van der Waals surface area contributed by atoms with Crippen LogP contribution in [0.15, 0.2) is 30.8 Å². The van der Waals surface area contributed by atoms with E-state index in [1.807, 2.05) is 31.2 Å². The van der Waals surface area contributed by atoms with Crippen LogP contribution in [0.2, 0.25) is 0 Å². The molecule has 0 saturated heterocycles. The number of hydrogen-bond donors (Lipinski definition) is 0. The lowest BCUT2D eigenvalue weighted by Crippen LogP contribution is -2.16. The minimum absolute atomic E-state index is 0.242. The van der Waals surface area contributed by atoms with Crippen LogP contribution in [-0.2, 0) is 9.53 Å². The molecule has 3 nitrogen and oxygen atoms in total. The molecule has 0 fully saturated rings. The third-order valence-electron chi connectivity index (χ3n) is 2.78. The van der Waals surface area contributed by atoms with E-state index in [1.54, 1.807) is 7.11 Å². The van der Waals surface area contributed by atoms with Crippen molar-refractivity contribution in [2.24, 2.45) is 5.92 Å². The van der Waals surface area contributed by atoms with Crippen LogP contribution in [0.1, 0.15) is 18.9 Å². The highest BCUT2D eigenvalue weighted by atomic mass is 16.5. The predicted octanol–water partition coefficient (Wildman–Crippen LogP) is 2.91. The first kappa shape index (κ1) is 13.3. The van der Waals surface area contributed by atoms with Gasteiger partial charge >= 0.3 is 5.97 Å². The summed E-state index contributed by atoms with van der Waals surface area (Å²) < 4.78 is 9.85. The standard InChI is InChI=1S/C14H18O3/c1-5-13(14(15)17-4)10(2)11-6-8-12(16-3)9-7-11/h6-9,13H,2,5H2,1,3-4H3. The summed E-state index contributed by atoms with van der Waals surface area (Å²) in [6.07, 6.45) is 0.678. The zero-order valence-corrected chi connectivity index (χ0v) is 10.5. The molecular formula is C14H18O3. The molecule has 1 rings (SSSR count). The van der Waals surface area contributed by atoms with Crippen LogP contribution in [0.5, 0.6) is 5.75 Å². The Hall–Kier alpha value is -1.77. The van der Waals surface area contributed by atoms with Crippen LogP contribution in [0.25, 0.3) is 5.57 Å². The van der Waals surface area contributed by atoms with Crippen molar-refractivity contribution in [1.29, 1.82) is 0 Å². The van der Waals surface area contributed by atoms with Gasteiger partial charge in [0.05, 0.1) is 20.1 Å². The van der Waals surface area contributed by atoms with Crippen molar-refractivity contribution in [3.8, 4) is 5.75 Å². The molecule has 3 heteroatoms. The van der Waals surface area contributed by atoms with Crippen LogP contribution in [0.3, 0.4) is 0 Å². The van der Waals surface area contributed by atoms with Crippen molar-refractivity contribution in [2.45, 2.75) is 13.3 Å². The minimum Gasteiger partial charge on any atom is -0.497 e. The fourth-order valence-corrected chi connectivity index (χ4v) is 1.70. The van der Waals surface area contributed by atoms with Crippen molar-refractivity contribution < 1.29 is 14.3 Å². The third-order valence-corrected chi connectivity index (χ3v) is 2.78. The summed E-state index contributed by atoms with van der Waals surface area (Å²) in [6, 6.07) is 7.49. The molecule has 0 N–H and O–H groups in total. The van der Waals surface area contributed by atoms with Gasteiger partial charge in [0.15, 0.2) is 0 Å². The first-order valence-electron chi connectivity index (χ1n) is 5.55. The van der Waals surface area contributed by atoms with E-state index < -0.39 is 0 Å². The molecule has 0 amide bonds. The summed E-state index contributed by atoms with van der Waals surface area (Å²) in [6.45, 7) is 5.92. The van der Waals surface area contributed by atoms with Crippen LogP contribution >= 0.6 is 0 Å². The molecule has 92 valence electrons. The molecule has 0 bridgehead atoms. The minimum atomic E-state index is -0.284. The number of hydrogen-bond acceptors (Lipinski definition) is 3. The Labute approximate surface area is 102 Å². The molecule has 0 aliphatic carbocycles. The smallest absolute Gasteiger partial charge is 0.313 e. The van der Waals surface area contributed by atoms with Gasteiger partial charge in [-0.25, -0.2) is 0 Å². The number of rotatable bonds is 5. The van der Waals surface area contributed by atoms with Gasteiger partial charge in [-0.1, -0.05) is 25.6 Å². The Morgan fingerprint density at radius 2 is 1.88 bits per heavy atom. The second-order valence-corrected chi connectivity index (χ2v) is 3.74. The number of methoxy groups -OCH3 is 2. The van der Waals surface area contributed by atoms with E-state index in [0.717, 1.165) is 16.9 Å². The van der Waals surface area contributed by atoms with Gasteiger partial charge in [-0.05, 0) is 29.7 Å². The van der Waals surface area contributed by atoms with E-state index in [-0.39, 0.29) is 11.9 Å². The van der Waals surface area contributed by atoms with Gasteiger partial charge in [0, 0.05) is 0 Å². The first-order valence-corrected chi connectivity index (χ1v) is 5.55. The van der Waals surface area contributed by atoms with Gasteiger partial charge in [0.25, 0.3) is 0 Å². The molecule has 1 aromatic rings. The molecule has 1 aromatic carbocycles. The summed E-state index contributed by atoms with van der Waals surface area (Å²) in [7, 11) is 3.01. The highest BCUT2D eigenvalue weighted by molar-refractivity contribution is 5.87. The quantitative estimate of drug-likeness (QED) is 0.735. The lowest BCUT2D eigenvalue weighted by atomic mass is 9.92. The van der Waals surface area contributed by atoms with Gasteiger partial charge in [-0.3, -0.25) is 4.79 Å². The Morgan fingerprint density at radius 3 is 2.29 bits per heavy atom. The van der Waals surface area contributed by atoms with Gasteiger partial charge in [-0.2, -0.15) is 0 Å². The Bertz CT molecular complexity index is 392. The average Bonchev–Trinajstić information content (AvgIpc) is 2.39. The van der Waals surface area contributed by atoms with Crippen molar-refractivity contribution >= 4 is 11.5 Å². The highest BCUT2D eigenvalue weighted by Gasteiger charge is 2.21. The third kappa shape index (κ3) is 3.09. The lowest BCUT2D eigenvalue weighted by Gasteiger charge is -2.15. The lowest BCUT2D eigenvalue weighted by molar-refractivity contribution is -0.143. The van der Waals surface area contributed by atoms with Gasteiger partial charge < -0.3 is 9.47 Å². The van der Waals surface area contributed by atoms with E-state index in [1.165, 1.54) is 7.11 Å². The molecular weight excluding hydrogens is 216 g/mol. The summed E-state index contributed by atoms with van der Waals surface area (Å²) in [5, 5.41) is 0. The summed E-state index contributed by atoms with van der Waals surface area (Å²) in [4.78, 5) is 11.6. The van der Waals surface area contributed by atoms with E-state index in [0.29, 0.717) is 6.42 Å². The van der Waals surface area contributed by atoms with Crippen molar-refractivity contribution in [1.82, 2.24) is 0 Å². The molecule has 17 heavy (non-hydrogen) atoms. The van der Waals surface area contributed by atoms with Crippen LogP contribution in [0.4, 0.5) is 0 Å². The first-order chi connectivity index (χ1) is 8.13. The monoisotopic (exact) mass is 234 g/mol.